The lowest BCUT2D eigenvalue weighted by molar-refractivity contribution is 0.409. The van der Waals surface area contributed by atoms with Crippen molar-refractivity contribution in [2.75, 3.05) is 26.5 Å². The highest BCUT2D eigenvalue weighted by Gasteiger charge is 2.04. The normalized spacial score (nSPS) is 10.8. The van der Waals surface area contributed by atoms with Gasteiger partial charge in [-0.3, -0.25) is 4.98 Å². The summed E-state index contributed by atoms with van der Waals surface area (Å²) in [6.07, 6.45) is 3.58. The van der Waals surface area contributed by atoms with E-state index in [0.29, 0.717) is 6.54 Å². The van der Waals surface area contributed by atoms with Gasteiger partial charge in [0.05, 0.1) is 19.3 Å². The Bertz CT molecular complexity index is 513. The number of nitriles is 1. The Morgan fingerprint density at radius 2 is 2.45 bits per heavy atom. The molecule has 0 bridgehead atoms. The van der Waals surface area contributed by atoms with Gasteiger partial charge >= 0.3 is 0 Å². The number of rotatable bonds is 6. The zero-order valence-corrected chi connectivity index (χ0v) is 12.2. The lowest BCUT2D eigenvalue weighted by Crippen LogP contribution is -2.19. The zero-order valence-electron chi connectivity index (χ0n) is 11.4. The highest BCUT2D eigenvalue weighted by molar-refractivity contribution is 7.98. The number of methoxy groups -OCH3 is 1. The lowest BCUT2D eigenvalue weighted by atomic mass is 10.3. The molecule has 1 aromatic heterocycles. The Kier molecular flexibility index (Phi) is 7.06. The maximum atomic E-state index is 8.67. The summed E-state index contributed by atoms with van der Waals surface area (Å²) >= 11 is 1.65. The van der Waals surface area contributed by atoms with E-state index in [0.717, 1.165) is 27.8 Å². The van der Waals surface area contributed by atoms with Gasteiger partial charge in [-0.15, -0.1) is 5.11 Å². The highest BCUT2D eigenvalue weighted by Crippen LogP contribution is 2.20. The molecule has 1 N–H and O–H groups in total. The van der Waals surface area contributed by atoms with Gasteiger partial charge in [0.2, 0.25) is 0 Å². The molecule has 106 valence electrons. The summed E-state index contributed by atoms with van der Waals surface area (Å²) < 4.78 is 5.22. The van der Waals surface area contributed by atoms with Crippen LogP contribution < -0.4 is 4.74 Å². The van der Waals surface area contributed by atoms with Gasteiger partial charge in [0, 0.05) is 24.8 Å². The molecule has 1 rings (SSSR count). The third kappa shape index (κ3) is 4.85. The van der Waals surface area contributed by atoms with Crippen LogP contribution in [-0.2, 0) is 5.75 Å². The summed E-state index contributed by atoms with van der Waals surface area (Å²) in [5.74, 6) is 2.36. The number of ether oxygens (including phenoxy) is 1. The first kappa shape index (κ1) is 15.9. The number of nitrogens with one attached hydrogen (secondary N) is 1. The Hall–Kier alpha value is -2.14. The molecule has 0 saturated heterocycles. The average molecular weight is 292 g/mol. The van der Waals surface area contributed by atoms with E-state index in [1.165, 1.54) is 7.05 Å². The number of hydrogen-bond donors (Lipinski definition) is 1. The average Bonchev–Trinajstić information content (AvgIpc) is 2.50. The van der Waals surface area contributed by atoms with E-state index >= 15 is 0 Å². The molecular weight excluding hydrogens is 276 g/mol. The van der Waals surface area contributed by atoms with E-state index in [9.17, 15) is 0 Å². The molecule has 0 aliphatic heterocycles. The van der Waals surface area contributed by atoms with Gasteiger partial charge in [-0.2, -0.15) is 17.0 Å². The van der Waals surface area contributed by atoms with Crippen LogP contribution in [0.4, 0.5) is 0 Å². The predicted octanol–water partition coefficient (Wildman–Crippen LogP) is 2.12. The molecule has 20 heavy (non-hydrogen) atoms. The molecule has 1 heterocycles. The summed E-state index contributed by atoms with van der Waals surface area (Å²) in [5.41, 5.74) is 7.82. The van der Waals surface area contributed by atoms with Crippen molar-refractivity contribution in [3.63, 3.8) is 0 Å². The first-order valence-corrected chi connectivity index (χ1v) is 6.99. The van der Waals surface area contributed by atoms with Crippen molar-refractivity contribution in [2.45, 2.75) is 5.75 Å². The molecule has 0 unspecified atom stereocenters. The Balaban J connectivity index is 2.40. The molecule has 0 fully saturated rings. The second-order valence-electron chi connectivity index (χ2n) is 3.66. The number of hydrogen-bond acceptors (Lipinski definition) is 6. The number of nitrogens with zero attached hydrogens (tertiary/aromatic N) is 5. The highest BCUT2D eigenvalue weighted by atomic mass is 32.2. The molecule has 8 heteroatoms. The Labute approximate surface area is 122 Å². The standard InChI is InChI=1S/C12H16N6OS/c1-18(9-13)12(17-14)16-6-7-20-8-10-11(19-2)4-3-5-15-10/h3-5,14H,6-8H2,1-2H3. The van der Waals surface area contributed by atoms with Gasteiger partial charge in [-0.1, -0.05) is 0 Å². The Morgan fingerprint density at radius 1 is 1.65 bits per heavy atom. The minimum Gasteiger partial charge on any atom is -0.495 e. The molecule has 0 spiro atoms. The van der Waals surface area contributed by atoms with Crippen LogP contribution in [0, 0.1) is 17.0 Å². The SMILES string of the molecule is COc1cccnc1CSCCN=C(N=N)N(C)C#N. The van der Waals surface area contributed by atoms with Gasteiger partial charge < -0.3 is 4.74 Å². The monoisotopic (exact) mass is 292 g/mol. The predicted molar refractivity (Wildman–Crippen MR) is 77.8 cm³/mol. The van der Waals surface area contributed by atoms with Crippen molar-refractivity contribution in [3.8, 4) is 11.9 Å². The summed E-state index contributed by atoms with van der Waals surface area (Å²) in [6, 6.07) is 3.71. The summed E-state index contributed by atoms with van der Waals surface area (Å²) in [6.45, 7) is 0.490. The summed E-state index contributed by atoms with van der Waals surface area (Å²) in [5, 5.41) is 11.9. The fourth-order valence-electron chi connectivity index (χ4n) is 1.36. The van der Waals surface area contributed by atoms with Gasteiger partial charge in [-0.05, 0) is 12.1 Å². The van der Waals surface area contributed by atoms with E-state index in [4.69, 9.17) is 15.5 Å². The first-order valence-electron chi connectivity index (χ1n) is 5.84. The third-order valence-electron chi connectivity index (χ3n) is 2.35. The maximum absolute atomic E-state index is 8.67. The van der Waals surface area contributed by atoms with Crippen LogP contribution in [0.3, 0.4) is 0 Å². The van der Waals surface area contributed by atoms with Crippen LogP contribution in [-0.4, -0.2) is 42.3 Å². The van der Waals surface area contributed by atoms with E-state index < -0.39 is 0 Å². The van der Waals surface area contributed by atoms with Crippen molar-refractivity contribution in [2.24, 2.45) is 10.1 Å². The van der Waals surface area contributed by atoms with Crippen LogP contribution in [0.15, 0.2) is 28.4 Å². The molecule has 0 aliphatic carbocycles. The lowest BCUT2D eigenvalue weighted by Gasteiger charge is -2.07. The minimum atomic E-state index is 0.114. The van der Waals surface area contributed by atoms with E-state index in [1.54, 1.807) is 25.1 Å². The Morgan fingerprint density at radius 3 is 3.10 bits per heavy atom. The van der Waals surface area contributed by atoms with Gasteiger partial charge in [0.15, 0.2) is 6.19 Å². The molecule has 0 saturated carbocycles. The fraction of sp³-hybridized carbons (Fsp3) is 0.417. The number of thioether (sulfide) groups is 1. The smallest absolute Gasteiger partial charge is 0.252 e. The van der Waals surface area contributed by atoms with Crippen LogP contribution in [0.2, 0.25) is 0 Å². The van der Waals surface area contributed by atoms with Crippen molar-refractivity contribution >= 4 is 17.7 Å². The zero-order chi connectivity index (χ0) is 14.8. The minimum absolute atomic E-state index is 0.114. The van der Waals surface area contributed by atoms with Crippen LogP contribution >= 0.6 is 11.8 Å². The van der Waals surface area contributed by atoms with Crippen LogP contribution in [0.1, 0.15) is 5.69 Å². The van der Waals surface area contributed by atoms with E-state index in [-0.39, 0.29) is 5.96 Å². The largest absolute Gasteiger partial charge is 0.495 e. The fourth-order valence-corrected chi connectivity index (χ4v) is 2.13. The molecule has 7 nitrogen and oxygen atoms in total. The van der Waals surface area contributed by atoms with Crippen LogP contribution in [0.25, 0.3) is 0 Å². The number of aliphatic imine (C=N–C) groups is 1. The van der Waals surface area contributed by atoms with Gasteiger partial charge in [0.25, 0.3) is 5.96 Å². The molecule has 0 amide bonds. The molecule has 0 aromatic carbocycles. The molecule has 0 aliphatic rings. The van der Waals surface area contributed by atoms with Crippen molar-refractivity contribution in [1.29, 1.82) is 10.8 Å². The van der Waals surface area contributed by atoms with Crippen molar-refractivity contribution in [1.82, 2.24) is 9.88 Å². The van der Waals surface area contributed by atoms with E-state index in [2.05, 4.69) is 15.1 Å². The van der Waals surface area contributed by atoms with E-state index in [1.807, 2.05) is 18.3 Å². The number of pyridine rings is 1. The second kappa shape index (κ2) is 8.87. The van der Waals surface area contributed by atoms with Crippen molar-refractivity contribution in [3.05, 3.63) is 24.0 Å². The molecule has 0 radical (unpaired) electrons. The summed E-state index contributed by atoms with van der Waals surface area (Å²) in [4.78, 5) is 9.49. The second-order valence-corrected chi connectivity index (χ2v) is 4.76. The van der Waals surface area contributed by atoms with Gasteiger partial charge in [0.1, 0.15) is 5.75 Å². The maximum Gasteiger partial charge on any atom is 0.252 e. The van der Waals surface area contributed by atoms with Gasteiger partial charge in [-0.25, -0.2) is 15.4 Å². The first-order chi connectivity index (χ1) is 9.72. The van der Waals surface area contributed by atoms with Crippen LogP contribution in [0.5, 0.6) is 5.75 Å². The third-order valence-corrected chi connectivity index (χ3v) is 3.29. The quantitative estimate of drug-likeness (QED) is 0.216. The topological polar surface area (TPSA) is 97.7 Å². The summed E-state index contributed by atoms with van der Waals surface area (Å²) in [7, 11) is 3.14. The molecular formula is C12H16N6OS. The van der Waals surface area contributed by atoms with Crippen molar-refractivity contribution < 1.29 is 4.74 Å². The molecule has 1 aromatic rings. The number of aromatic nitrogens is 1. The molecule has 0 atom stereocenters. The number of guanidine groups is 1.